The predicted octanol–water partition coefficient (Wildman–Crippen LogP) is 2.95. The standard InChI is InChI=1S/C22H23N3O6S/c1-16-6-9-19(10-7-16)32(27,28)25(17-8-11-20(29-2)21(13-17)30-3)15-22(26)24-23-14-18-5-4-12-31-18/h4-14H,15H2,1-3H3,(H,24,26)/b23-14-. The third-order valence-corrected chi connectivity index (χ3v) is 6.26. The number of ether oxygens (including phenoxy) is 2. The SMILES string of the molecule is COc1ccc(N(CC(=O)N/N=C\c2ccco2)S(=O)(=O)c2ccc(C)cc2)cc1OC. The van der Waals surface area contributed by atoms with E-state index in [0.29, 0.717) is 17.3 Å². The van der Waals surface area contributed by atoms with Crippen molar-refractivity contribution in [3.8, 4) is 11.5 Å². The van der Waals surface area contributed by atoms with Gasteiger partial charge in [-0.25, -0.2) is 13.8 Å². The third kappa shape index (κ3) is 5.27. The van der Waals surface area contributed by atoms with Crippen LogP contribution in [-0.2, 0) is 14.8 Å². The first-order valence-electron chi connectivity index (χ1n) is 9.52. The molecule has 3 aromatic rings. The lowest BCUT2D eigenvalue weighted by Crippen LogP contribution is -2.39. The van der Waals surface area contributed by atoms with Gasteiger partial charge in [0.25, 0.3) is 15.9 Å². The zero-order valence-electron chi connectivity index (χ0n) is 17.8. The molecule has 0 aliphatic heterocycles. The second-order valence-electron chi connectivity index (χ2n) is 6.67. The molecule has 0 saturated heterocycles. The Morgan fingerprint density at radius 3 is 2.44 bits per heavy atom. The Balaban J connectivity index is 1.93. The molecule has 0 spiro atoms. The maximum absolute atomic E-state index is 13.4. The zero-order valence-corrected chi connectivity index (χ0v) is 18.6. The number of aryl methyl sites for hydroxylation is 1. The summed E-state index contributed by atoms with van der Waals surface area (Å²) in [5.74, 6) is 0.550. The van der Waals surface area contributed by atoms with Gasteiger partial charge in [-0.1, -0.05) is 17.7 Å². The van der Waals surface area contributed by atoms with Crippen molar-refractivity contribution >= 4 is 27.8 Å². The molecule has 0 radical (unpaired) electrons. The fourth-order valence-electron chi connectivity index (χ4n) is 2.83. The number of hydrazone groups is 1. The summed E-state index contributed by atoms with van der Waals surface area (Å²) in [7, 11) is -1.16. The van der Waals surface area contributed by atoms with Crippen molar-refractivity contribution in [1.82, 2.24) is 5.43 Å². The molecule has 0 atom stereocenters. The van der Waals surface area contributed by atoms with Gasteiger partial charge in [0.05, 0.1) is 37.3 Å². The molecule has 32 heavy (non-hydrogen) atoms. The Labute approximate surface area is 186 Å². The van der Waals surface area contributed by atoms with E-state index in [1.165, 1.54) is 51.0 Å². The van der Waals surface area contributed by atoms with E-state index in [1.54, 1.807) is 30.3 Å². The summed E-state index contributed by atoms with van der Waals surface area (Å²) in [5, 5.41) is 3.80. The van der Waals surface area contributed by atoms with E-state index in [0.717, 1.165) is 9.87 Å². The molecule has 1 heterocycles. The fourth-order valence-corrected chi connectivity index (χ4v) is 4.24. The first kappa shape index (κ1) is 22.9. The Kier molecular flexibility index (Phi) is 7.16. The number of benzene rings is 2. The number of nitrogens with zero attached hydrogens (tertiary/aromatic N) is 2. The minimum atomic E-state index is -4.07. The number of rotatable bonds is 9. The number of hydrogen-bond acceptors (Lipinski definition) is 7. The second kappa shape index (κ2) is 10.0. The third-order valence-electron chi connectivity index (χ3n) is 4.48. The molecule has 0 bridgehead atoms. The molecule has 0 unspecified atom stereocenters. The molecular formula is C22H23N3O6S. The molecule has 0 aliphatic carbocycles. The van der Waals surface area contributed by atoms with E-state index in [-0.39, 0.29) is 10.6 Å². The molecule has 1 amide bonds. The van der Waals surface area contributed by atoms with E-state index < -0.39 is 22.5 Å². The van der Waals surface area contributed by atoms with Crippen LogP contribution in [0.2, 0.25) is 0 Å². The Morgan fingerprint density at radius 2 is 1.81 bits per heavy atom. The van der Waals surface area contributed by atoms with E-state index in [1.807, 2.05) is 6.92 Å². The number of furan rings is 1. The number of anilines is 1. The highest BCUT2D eigenvalue weighted by molar-refractivity contribution is 7.92. The van der Waals surface area contributed by atoms with Gasteiger partial charge in [0, 0.05) is 6.07 Å². The highest BCUT2D eigenvalue weighted by Gasteiger charge is 2.28. The van der Waals surface area contributed by atoms with Crippen LogP contribution in [0.15, 0.2) is 75.3 Å². The Hall–Kier alpha value is -3.79. The lowest BCUT2D eigenvalue weighted by molar-refractivity contribution is -0.119. The normalized spacial score (nSPS) is 11.3. The molecule has 168 valence electrons. The molecule has 9 nitrogen and oxygen atoms in total. The summed E-state index contributed by atoms with van der Waals surface area (Å²) in [6, 6.07) is 14.3. The summed E-state index contributed by atoms with van der Waals surface area (Å²) in [6.07, 6.45) is 2.78. The van der Waals surface area contributed by atoms with Crippen LogP contribution in [0.3, 0.4) is 0 Å². The molecule has 1 N–H and O–H groups in total. The van der Waals surface area contributed by atoms with Crippen LogP contribution in [0.5, 0.6) is 11.5 Å². The minimum absolute atomic E-state index is 0.0461. The van der Waals surface area contributed by atoms with Gasteiger partial charge in [0.2, 0.25) is 0 Å². The minimum Gasteiger partial charge on any atom is -0.493 e. The number of methoxy groups -OCH3 is 2. The number of hydrogen-bond donors (Lipinski definition) is 1. The average molecular weight is 458 g/mol. The molecular weight excluding hydrogens is 434 g/mol. The monoisotopic (exact) mass is 457 g/mol. The van der Waals surface area contributed by atoms with E-state index in [4.69, 9.17) is 13.9 Å². The van der Waals surface area contributed by atoms with Crippen molar-refractivity contribution in [1.29, 1.82) is 0 Å². The van der Waals surface area contributed by atoms with Crippen LogP contribution in [0.1, 0.15) is 11.3 Å². The molecule has 0 saturated carbocycles. The van der Waals surface area contributed by atoms with Crippen molar-refractivity contribution in [2.45, 2.75) is 11.8 Å². The van der Waals surface area contributed by atoms with Gasteiger partial charge in [-0.15, -0.1) is 0 Å². The van der Waals surface area contributed by atoms with Gasteiger partial charge in [-0.2, -0.15) is 5.10 Å². The van der Waals surface area contributed by atoms with Crippen molar-refractivity contribution in [2.75, 3.05) is 25.1 Å². The number of carbonyl (C=O) groups excluding carboxylic acids is 1. The van der Waals surface area contributed by atoms with Crippen LogP contribution in [-0.4, -0.2) is 41.3 Å². The van der Waals surface area contributed by atoms with Gasteiger partial charge in [0.15, 0.2) is 11.5 Å². The van der Waals surface area contributed by atoms with Gasteiger partial charge >= 0.3 is 0 Å². The summed E-state index contributed by atoms with van der Waals surface area (Å²) in [5.41, 5.74) is 3.45. The lowest BCUT2D eigenvalue weighted by Gasteiger charge is -2.24. The van der Waals surface area contributed by atoms with Crippen LogP contribution in [0.4, 0.5) is 5.69 Å². The average Bonchev–Trinajstić information content (AvgIpc) is 3.30. The molecule has 0 fully saturated rings. The molecule has 0 aliphatic rings. The fraction of sp³-hybridized carbons (Fsp3) is 0.182. The van der Waals surface area contributed by atoms with Crippen molar-refractivity contribution in [2.24, 2.45) is 5.10 Å². The second-order valence-corrected chi connectivity index (χ2v) is 8.53. The number of nitrogens with one attached hydrogen (secondary N) is 1. The van der Waals surface area contributed by atoms with Crippen molar-refractivity contribution in [3.05, 3.63) is 72.2 Å². The van der Waals surface area contributed by atoms with E-state index in [2.05, 4.69) is 10.5 Å². The highest BCUT2D eigenvalue weighted by Crippen LogP contribution is 2.33. The predicted molar refractivity (Wildman–Crippen MR) is 120 cm³/mol. The molecule has 1 aromatic heterocycles. The van der Waals surface area contributed by atoms with Crippen molar-refractivity contribution < 1.29 is 27.1 Å². The first-order valence-corrected chi connectivity index (χ1v) is 11.0. The first-order chi connectivity index (χ1) is 15.3. The highest BCUT2D eigenvalue weighted by atomic mass is 32.2. The lowest BCUT2D eigenvalue weighted by atomic mass is 10.2. The van der Waals surface area contributed by atoms with Gasteiger partial charge in [0.1, 0.15) is 12.3 Å². The van der Waals surface area contributed by atoms with Gasteiger partial charge < -0.3 is 13.9 Å². The number of sulfonamides is 1. The van der Waals surface area contributed by atoms with E-state index in [9.17, 15) is 13.2 Å². The molecule has 3 rings (SSSR count). The summed E-state index contributed by atoms with van der Waals surface area (Å²) < 4.78 is 43.4. The van der Waals surface area contributed by atoms with Gasteiger partial charge in [-0.05, 0) is 43.3 Å². The summed E-state index contributed by atoms with van der Waals surface area (Å²) in [6.45, 7) is 1.34. The molecule has 2 aromatic carbocycles. The zero-order chi connectivity index (χ0) is 23.1. The largest absolute Gasteiger partial charge is 0.493 e. The maximum atomic E-state index is 13.4. The van der Waals surface area contributed by atoms with Crippen LogP contribution < -0.4 is 19.2 Å². The molecule has 10 heteroatoms. The van der Waals surface area contributed by atoms with Crippen LogP contribution in [0.25, 0.3) is 0 Å². The Morgan fingerprint density at radius 1 is 1.09 bits per heavy atom. The number of carbonyl (C=O) groups is 1. The summed E-state index contributed by atoms with van der Waals surface area (Å²) in [4.78, 5) is 12.6. The maximum Gasteiger partial charge on any atom is 0.264 e. The number of amides is 1. The quantitative estimate of drug-likeness (QED) is 0.391. The topological polar surface area (TPSA) is 110 Å². The smallest absolute Gasteiger partial charge is 0.264 e. The van der Waals surface area contributed by atoms with Gasteiger partial charge in [-0.3, -0.25) is 9.10 Å². The van der Waals surface area contributed by atoms with Crippen LogP contribution in [0, 0.1) is 6.92 Å². The Bertz CT molecular complexity index is 1190. The summed E-state index contributed by atoms with van der Waals surface area (Å²) >= 11 is 0. The van der Waals surface area contributed by atoms with Crippen molar-refractivity contribution in [3.63, 3.8) is 0 Å². The van der Waals surface area contributed by atoms with E-state index >= 15 is 0 Å². The van der Waals surface area contributed by atoms with Crippen LogP contribution >= 0.6 is 0 Å².